The highest BCUT2D eigenvalue weighted by molar-refractivity contribution is 6.32. The van der Waals surface area contributed by atoms with Crippen LogP contribution >= 0.6 is 11.6 Å². The Balaban J connectivity index is 2.06. The predicted molar refractivity (Wildman–Crippen MR) is 78.4 cm³/mol. The molecule has 7 nitrogen and oxygen atoms in total. The van der Waals surface area contributed by atoms with Crippen molar-refractivity contribution in [3.63, 3.8) is 0 Å². The minimum Gasteiger partial charge on any atom is -0.351 e. The van der Waals surface area contributed by atoms with E-state index < -0.39 is 10.8 Å². The van der Waals surface area contributed by atoms with Crippen molar-refractivity contribution < 1.29 is 9.72 Å². The first-order chi connectivity index (χ1) is 9.91. The topological polar surface area (TPSA) is 97.2 Å². The Hall–Kier alpha value is -1.73. The molecule has 0 saturated carbocycles. The SMILES string of the molecule is CC1(CNC(=O)c2cc([N+](=O)[O-])cnc2Cl)CCNCC1. The zero-order valence-electron chi connectivity index (χ0n) is 11.7. The number of pyridine rings is 1. The van der Waals surface area contributed by atoms with Gasteiger partial charge in [-0.3, -0.25) is 14.9 Å². The lowest BCUT2D eigenvalue weighted by molar-refractivity contribution is -0.385. The van der Waals surface area contributed by atoms with Gasteiger partial charge in [0.1, 0.15) is 11.3 Å². The number of aromatic nitrogens is 1. The van der Waals surface area contributed by atoms with Crippen LogP contribution in [0.1, 0.15) is 30.1 Å². The Morgan fingerprint density at radius 2 is 2.24 bits per heavy atom. The van der Waals surface area contributed by atoms with E-state index in [-0.39, 0.29) is 21.8 Å². The number of carbonyl (C=O) groups excluding carboxylic acids is 1. The Bertz CT molecular complexity index is 558. The van der Waals surface area contributed by atoms with E-state index in [0.29, 0.717) is 6.54 Å². The van der Waals surface area contributed by atoms with Gasteiger partial charge in [-0.15, -0.1) is 0 Å². The number of halogens is 1. The standard InChI is InChI=1S/C13H17ClN4O3/c1-13(2-4-15-5-3-13)8-17-12(19)10-6-9(18(20)21)7-16-11(10)14/h6-7,15H,2-5,8H2,1H3,(H,17,19). The maximum absolute atomic E-state index is 12.2. The highest BCUT2D eigenvalue weighted by Crippen LogP contribution is 2.27. The van der Waals surface area contributed by atoms with Gasteiger partial charge in [-0.2, -0.15) is 0 Å². The summed E-state index contributed by atoms with van der Waals surface area (Å²) in [6, 6.07) is 1.15. The van der Waals surface area contributed by atoms with Crippen molar-refractivity contribution in [2.24, 2.45) is 5.41 Å². The third-order valence-corrected chi connectivity index (χ3v) is 4.07. The largest absolute Gasteiger partial charge is 0.351 e. The molecule has 1 amide bonds. The van der Waals surface area contributed by atoms with Crippen LogP contribution < -0.4 is 10.6 Å². The fourth-order valence-electron chi connectivity index (χ4n) is 2.29. The molecule has 114 valence electrons. The van der Waals surface area contributed by atoms with Crippen molar-refractivity contribution in [3.05, 3.63) is 33.1 Å². The van der Waals surface area contributed by atoms with Gasteiger partial charge < -0.3 is 10.6 Å². The molecule has 0 unspecified atom stereocenters. The second kappa shape index (κ2) is 6.36. The number of hydrogen-bond donors (Lipinski definition) is 2. The fourth-order valence-corrected chi connectivity index (χ4v) is 2.48. The lowest BCUT2D eigenvalue weighted by Crippen LogP contribution is -2.43. The predicted octanol–water partition coefficient (Wildman–Crippen LogP) is 1.76. The number of nitrogens with zero attached hydrogens (tertiary/aromatic N) is 2. The molecule has 8 heteroatoms. The summed E-state index contributed by atoms with van der Waals surface area (Å²) in [6.45, 7) is 4.46. The number of amides is 1. The molecule has 0 atom stereocenters. The van der Waals surface area contributed by atoms with Crippen LogP contribution in [0.4, 0.5) is 5.69 Å². The summed E-state index contributed by atoms with van der Waals surface area (Å²) >= 11 is 5.85. The highest BCUT2D eigenvalue weighted by atomic mass is 35.5. The summed E-state index contributed by atoms with van der Waals surface area (Å²) in [6.07, 6.45) is 2.97. The first-order valence-corrected chi connectivity index (χ1v) is 7.08. The van der Waals surface area contributed by atoms with Gasteiger partial charge in [0.15, 0.2) is 0 Å². The number of carbonyl (C=O) groups is 1. The van der Waals surface area contributed by atoms with Crippen LogP contribution in [-0.4, -0.2) is 35.4 Å². The van der Waals surface area contributed by atoms with Crippen molar-refractivity contribution in [3.8, 4) is 0 Å². The van der Waals surface area contributed by atoms with Gasteiger partial charge in [-0.25, -0.2) is 4.98 Å². The average molecular weight is 313 g/mol. The summed E-state index contributed by atoms with van der Waals surface area (Å²) < 4.78 is 0. The third kappa shape index (κ3) is 3.89. The first kappa shape index (κ1) is 15.7. The molecule has 0 aliphatic carbocycles. The lowest BCUT2D eigenvalue weighted by Gasteiger charge is -2.34. The number of hydrogen-bond acceptors (Lipinski definition) is 5. The van der Waals surface area contributed by atoms with Crippen molar-refractivity contribution in [1.29, 1.82) is 0 Å². The van der Waals surface area contributed by atoms with Crippen LogP contribution in [0.15, 0.2) is 12.3 Å². The van der Waals surface area contributed by atoms with Crippen molar-refractivity contribution in [2.75, 3.05) is 19.6 Å². The molecule has 1 aliphatic rings. The summed E-state index contributed by atoms with van der Waals surface area (Å²) in [5.74, 6) is -0.434. The molecule has 1 saturated heterocycles. The summed E-state index contributed by atoms with van der Waals surface area (Å²) in [4.78, 5) is 26.0. The molecule has 1 fully saturated rings. The van der Waals surface area contributed by atoms with Crippen LogP contribution in [0.5, 0.6) is 0 Å². The molecule has 0 bridgehead atoms. The number of rotatable bonds is 4. The molecule has 2 rings (SSSR count). The maximum atomic E-state index is 12.2. The van der Waals surface area contributed by atoms with E-state index in [1.807, 2.05) is 0 Å². The second-order valence-corrected chi connectivity index (χ2v) is 5.89. The van der Waals surface area contributed by atoms with E-state index >= 15 is 0 Å². The molecule has 1 aliphatic heterocycles. The van der Waals surface area contributed by atoms with Gasteiger partial charge in [0, 0.05) is 12.6 Å². The molecular formula is C13H17ClN4O3. The molecule has 2 N–H and O–H groups in total. The normalized spacial score (nSPS) is 17.2. The molecule has 0 aromatic carbocycles. The van der Waals surface area contributed by atoms with E-state index in [0.717, 1.165) is 38.2 Å². The Kier molecular flexibility index (Phi) is 4.74. The molecular weight excluding hydrogens is 296 g/mol. The van der Waals surface area contributed by atoms with Gasteiger partial charge in [0.2, 0.25) is 0 Å². The molecule has 0 spiro atoms. The minimum atomic E-state index is -0.603. The molecule has 1 aromatic heterocycles. The monoisotopic (exact) mass is 312 g/mol. The van der Waals surface area contributed by atoms with Gasteiger partial charge in [0.05, 0.1) is 10.5 Å². The quantitative estimate of drug-likeness (QED) is 0.501. The zero-order valence-corrected chi connectivity index (χ0v) is 12.4. The number of piperidine rings is 1. The van der Waals surface area contributed by atoms with E-state index in [1.165, 1.54) is 0 Å². The number of nitrogens with one attached hydrogen (secondary N) is 2. The van der Waals surface area contributed by atoms with Crippen molar-refractivity contribution >= 4 is 23.2 Å². The average Bonchev–Trinajstić information content (AvgIpc) is 2.46. The summed E-state index contributed by atoms with van der Waals surface area (Å²) in [5.41, 5.74) is -0.192. The van der Waals surface area contributed by atoms with Gasteiger partial charge in [-0.05, 0) is 31.3 Å². The van der Waals surface area contributed by atoms with Crippen LogP contribution in [-0.2, 0) is 0 Å². The van der Waals surface area contributed by atoms with E-state index in [2.05, 4.69) is 22.5 Å². The molecule has 0 radical (unpaired) electrons. The maximum Gasteiger partial charge on any atom is 0.288 e. The second-order valence-electron chi connectivity index (χ2n) is 5.53. The molecule has 2 heterocycles. The first-order valence-electron chi connectivity index (χ1n) is 6.70. The third-order valence-electron chi connectivity index (χ3n) is 3.77. The number of nitro groups is 1. The Morgan fingerprint density at radius 1 is 1.57 bits per heavy atom. The van der Waals surface area contributed by atoms with E-state index in [4.69, 9.17) is 11.6 Å². The summed E-state index contributed by atoms with van der Waals surface area (Å²) in [7, 11) is 0. The van der Waals surface area contributed by atoms with Crippen LogP contribution in [0.25, 0.3) is 0 Å². The van der Waals surface area contributed by atoms with E-state index in [9.17, 15) is 14.9 Å². The minimum absolute atomic E-state index is 0.0293. The van der Waals surface area contributed by atoms with Crippen molar-refractivity contribution in [1.82, 2.24) is 15.6 Å². The van der Waals surface area contributed by atoms with Gasteiger partial charge in [0.25, 0.3) is 11.6 Å². The zero-order chi connectivity index (χ0) is 15.5. The lowest BCUT2D eigenvalue weighted by atomic mass is 9.81. The van der Waals surface area contributed by atoms with Crippen molar-refractivity contribution in [2.45, 2.75) is 19.8 Å². The van der Waals surface area contributed by atoms with Gasteiger partial charge >= 0.3 is 0 Å². The van der Waals surface area contributed by atoms with Gasteiger partial charge in [-0.1, -0.05) is 18.5 Å². The summed E-state index contributed by atoms with van der Waals surface area (Å²) in [5, 5.41) is 16.8. The van der Waals surface area contributed by atoms with Crippen LogP contribution in [0.2, 0.25) is 5.15 Å². The smallest absolute Gasteiger partial charge is 0.288 e. The van der Waals surface area contributed by atoms with E-state index in [1.54, 1.807) is 0 Å². The Labute approximate surface area is 127 Å². The highest BCUT2D eigenvalue weighted by Gasteiger charge is 2.27. The fraction of sp³-hybridized carbons (Fsp3) is 0.538. The molecule has 21 heavy (non-hydrogen) atoms. The van der Waals surface area contributed by atoms with Crippen LogP contribution in [0.3, 0.4) is 0 Å². The Morgan fingerprint density at radius 3 is 2.86 bits per heavy atom. The van der Waals surface area contributed by atoms with Crippen LogP contribution in [0, 0.1) is 15.5 Å². The molecule has 1 aromatic rings.